The highest BCUT2D eigenvalue weighted by Crippen LogP contribution is 2.26. The Labute approximate surface area is 128 Å². The second-order valence-corrected chi connectivity index (χ2v) is 6.34. The minimum atomic E-state index is -0.499. The summed E-state index contributed by atoms with van der Waals surface area (Å²) in [4.78, 5) is 6.96. The van der Waals surface area contributed by atoms with E-state index in [9.17, 15) is 5.11 Å². The van der Waals surface area contributed by atoms with Crippen molar-refractivity contribution in [2.24, 2.45) is 0 Å². The largest absolute Gasteiger partial charge is 0.390 e. The number of aliphatic hydroxyl groups is 1. The fraction of sp³-hybridized carbons (Fsp3) is 0.706. The van der Waals surface area contributed by atoms with Gasteiger partial charge in [0.1, 0.15) is 0 Å². The molecule has 0 radical (unpaired) electrons. The van der Waals surface area contributed by atoms with E-state index in [2.05, 4.69) is 41.2 Å². The van der Waals surface area contributed by atoms with Gasteiger partial charge in [0.05, 0.1) is 23.2 Å². The second-order valence-electron chi connectivity index (χ2n) is 6.34. The van der Waals surface area contributed by atoms with Gasteiger partial charge < -0.3 is 15.3 Å². The molecule has 2 heterocycles. The number of pyridine rings is 1. The fourth-order valence-electron chi connectivity index (χ4n) is 2.81. The van der Waals surface area contributed by atoms with Crippen molar-refractivity contribution in [2.45, 2.75) is 58.1 Å². The van der Waals surface area contributed by atoms with Gasteiger partial charge in [0, 0.05) is 19.1 Å². The summed E-state index contributed by atoms with van der Waals surface area (Å²) < 4.78 is 0. The van der Waals surface area contributed by atoms with Gasteiger partial charge in [-0.25, -0.2) is 0 Å². The zero-order chi connectivity index (χ0) is 15.3. The predicted octanol–water partition coefficient (Wildman–Crippen LogP) is 2.88. The number of anilines is 1. The Balaban J connectivity index is 1.98. The normalized spacial score (nSPS) is 19.5. The molecule has 1 fully saturated rings. The molecule has 0 spiro atoms. The molecule has 2 rings (SSSR count). The van der Waals surface area contributed by atoms with Crippen LogP contribution < -0.4 is 10.2 Å². The van der Waals surface area contributed by atoms with E-state index in [1.54, 1.807) is 0 Å². The van der Waals surface area contributed by atoms with Crippen LogP contribution >= 0.6 is 0 Å². The molecule has 1 unspecified atom stereocenters. The molecule has 1 atom stereocenters. The van der Waals surface area contributed by atoms with Gasteiger partial charge in [-0.1, -0.05) is 13.8 Å². The maximum atomic E-state index is 10.0. The van der Waals surface area contributed by atoms with Gasteiger partial charge in [-0.15, -0.1) is 0 Å². The maximum Gasteiger partial charge on any atom is 0.0653 e. The Morgan fingerprint density at radius 1 is 1.33 bits per heavy atom. The maximum absolute atomic E-state index is 10.0. The Kier molecular flexibility index (Phi) is 5.59. The van der Waals surface area contributed by atoms with Gasteiger partial charge in [-0.2, -0.15) is 0 Å². The van der Waals surface area contributed by atoms with Gasteiger partial charge in [-0.3, -0.25) is 4.98 Å². The highest BCUT2D eigenvalue weighted by atomic mass is 16.3. The van der Waals surface area contributed by atoms with Crippen molar-refractivity contribution in [1.29, 1.82) is 0 Å². The molecule has 0 saturated carbocycles. The van der Waals surface area contributed by atoms with Gasteiger partial charge in [0.2, 0.25) is 0 Å². The summed E-state index contributed by atoms with van der Waals surface area (Å²) in [5.41, 5.74) is 1.79. The predicted molar refractivity (Wildman–Crippen MR) is 87.6 cm³/mol. The molecule has 4 nitrogen and oxygen atoms in total. The van der Waals surface area contributed by atoms with Gasteiger partial charge in [0.25, 0.3) is 0 Å². The molecule has 4 heteroatoms. The van der Waals surface area contributed by atoms with Crippen molar-refractivity contribution in [3.05, 3.63) is 24.0 Å². The third-order valence-electron chi connectivity index (χ3n) is 4.38. The molecule has 2 N–H and O–H groups in total. The Hall–Kier alpha value is -1.13. The summed E-state index contributed by atoms with van der Waals surface area (Å²) >= 11 is 0. The van der Waals surface area contributed by atoms with Crippen LogP contribution in [-0.4, -0.2) is 35.3 Å². The molecular weight excluding hydrogens is 262 g/mol. The highest BCUT2D eigenvalue weighted by molar-refractivity contribution is 5.45. The molecular formula is C17H29N3O. The zero-order valence-electron chi connectivity index (χ0n) is 13.6. The summed E-state index contributed by atoms with van der Waals surface area (Å²) in [6.45, 7) is 9.13. The smallest absolute Gasteiger partial charge is 0.0653 e. The van der Waals surface area contributed by atoms with E-state index in [0.29, 0.717) is 6.04 Å². The lowest BCUT2D eigenvalue weighted by Gasteiger charge is -2.37. The van der Waals surface area contributed by atoms with Crippen LogP contribution in [0.15, 0.2) is 18.3 Å². The number of nitrogens with zero attached hydrogens (tertiary/aromatic N) is 2. The highest BCUT2D eigenvalue weighted by Gasteiger charge is 2.27. The first kappa shape index (κ1) is 16.2. The molecule has 1 aliphatic heterocycles. The Morgan fingerprint density at radius 3 is 2.57 bits per heavy atom. The van der Waals surface area contributed by atoms with Crippen LogP contribution in [0.1, 0.15) is 58.2 Å². The number of rotatable bonds is 6. The van der Waals surface area contributed by atoms with E-state index in [1.165, 1.54) is 5.69 Å². The number of hydrogen-bond donors (Lipinski definition) is 2. The van der Waals surface area contributed by atoms with Gasteiger partial charge in [0.15, 0.2) is 0 Å². The molecule has 0 bridgehead atoms. The van der Waals surface area contributed by atoms with Crippen LogP contribution in [-0.2, 0) is 0 Å². The van der Waals surface area contributed by atoms with E-state index in [1.807, 2.05) is 13.1 Å². The topological polar surface area (TPSA) is 48.4 Å². The van der Waals surface area contributed by atoms with E-state index < -0.39 is 5.60 Å². The lowest BCUT2D eigenvalue weighted by Crippen LogP contribution is -2.42. The SMILES string of the molecule is CCCNC(CC)c1ccc(N2CCC(C)(O)CC2)cn1. The van der Waals surface area contributed by atoms with E-state index in [-0.39, 0.29) is 0 Å². The molecule has 118 valence electrons. The third kappa shape index (κ3) is 4.42. The van der Waals surface area contributed by atoms with Crippen molar-refractivity contribution >= 4 is 5.69 Å². The van der Waals surface area contributed by atoms with Crippen molar-refractivity contribution in [3.8, 4) is 0 Å². The third-order valence-corrected chi connectivity index (χ3v) is 4.38. The first-order chi connectivity index (χ1) is 10.1. The Morgan fingerprint density at radius 2 is 2.05 bits per heavy atom. The molecule has 1 aromatic rings. The van der Waals surface area contributed by atoms with E-state index in [0.717, 1.165) is 51.0 Å². The van der Waals surface area contributed by atoms with E-state index in [4.69, 9.17) is 0 Å². The lowest BCUT2D eigenvalue weighted by molar-refractivity contribution is 0.0351. The summed E-state index contributed by atoms with van der Waals surface area (Å²) in [6, 6.07) is 4.65. The first-order valence-corrected chi connectivity index (χ1v) is 8.22. The molecule has 21 heavy (non-hydrogen) atoms. The molecule has 0 aromatic carbocycles. The summed E-state index contributed by atoms with van der Waals surface area (Å²) in [7, 11) is 0. The zero-order valence-corrected chi connectivity index (χ0v) is 13.6. The van der Waals surface area contributed by atoms with Crippen molar-refractivity contribution < 1.29 is 5.11 Å². The van der Waals surface area contributed by atoms with Crippen LogP contribution in [0.25, 0.3) is 0 Å². The number of hydrogen-bond acceptors (Lipinski definition) is 4. The molecule has 0 aliphatic carbocycles. The van der Waals surface area contributed by atoms with Crippen LogP contribution in [0.5, 0.6) is 0 Å². The van der Waals surface area contributed by atoms with Crippen molar-refractivity contribution in [3.63, 3.8) is 0 Å². The van der Waals surface area contributed by atoms with Crippen LogP contribution in [0.2, 0.25) is 0 Å². The second kappa shape index (κ2) is 7.23. The molecule has 1 aromatic heterocycles. The minimum Gasteiger partial charge on any atom is -0.390 e. The fourth-order valence-corrected chi connectivity index (χ4v) is 2.81. The van der Waals surface area contributed by atoms with Crippen LogP contribution in [0.4, 0.5) is 5.69 Å². The monoisotopic (exact) mass is 291 g/mol. The van der Waals surface area contributed by atoms with Crippen molar-refractivity contribution in [2.75, 3.05) is 24.5 Å². The molecule has 1 saturated heterocycles. The summed E-state index contributed by atoms with van der Waals surface area (Å²) in [6.07, 6.45) is 5.82. The summed E-state index contributed by atoms with van der Waals surface area (Å²) in [5, 5.41) is 13.6. The Bertz CT molecular complexity index is 420. The first-order valence-electron chi connectivity index (χ1n) is 8.22. The van der Waals surface area contributed by atoms with Gasteiger partial charge in [-0.05, 0) is 51.3 Å². The average Bonchev–Trinajstić information content (AvgIpc) is 2.49. The average molecular weight is 291 g/mol. The van der Waals surface area contributed by atoms with Gasteiger partial charge >= 0.3 is 0 Å². The quantitative estimate of drug-likeness (QED) is 0.846. The standard InChI is InChI=1S/C17H29N3O/c1-4-10-18-15(5-2)16-7-6-14(13-19-16)20-11-8-17(3,21)9-12-20/h6-7,13,15,18,21H,4-5,8-12H2,1-3H3. The van der Waals surface area contributed by atoms with Crippen molar-refractivity contribution in [1.82, 2.24) is 10.3 Å². The van der Waals surface area contributed by atoms with E-state index >= 15 is 0 Å². The summed E-state index contributed by atoms with van der Waals surface area (Å²) in [5.74, 6) is 0. The van der Waals surface area contributed by atoms with Crippen LogP contribution in [0, 0.1) is 0 Å². The minimum absolute atomic E-state index is 0.348. The molecule has 0 amide bonds. The molecule has 1 aliphatic rings. The van der Waals surface area contributed by atoms with Crippen LogP contribution in [0.3, 0.4) is 0 Å². The number of piperidine rings is 1. The lowest BCUT2D eigenvalue weighted by atomic mass is 9.93. The number of aromatic nitrogens is 1. The number of nitrogens with one attached hydrogen (secondary N) is 1.